The third-order valence-electron chi connectivity index (χ3n) is 4.88. The van der Waals surface area contributed by atoms with E-state index in [-0.39, 0.29) is 11.8 Å². The fourth-order valence-corrected chi connectivity index (χ4v) is 3.77. The lowest BCUT2D eigenvalue weighted by atomic mass is 9.80. The molecule has 2 heterocycles. The highest BCUT2D eigenvalue weighted by molar-refractivity contribution is 5.71. The van der Waals surface area contributed by atoms with E-state index in [4.69, 9.17) is 4.74 Å². The van der Waals surface area contributed by atoms with Crippen molar-refractivity contribution < 1.29 is 14.6 Å². The van der Waals surface area contributed by atoms with Gasteiger partial charge in [0.15, 0.2) is 0 Å². The number of likely N-dealkylation sites (tertiary alicyclic amines) is 1. The van der Waals surface area contributed by atoms with Gasteiger partial charge in [-0.2, -0.15) is 0 Å². The average molecular weight is 289 g/mol. The number of rotatable bonds is 4. The zero-order valence-corrected chi connectivity index (χ0v) is 12.3. The summed E-state index contributed by atoms with van der Waals surface area (Å²) in [6.07, 6.45) is 2.02. The first-order chi connectivity index (χ1) is 10.2. The molecule has 2 atom stereocenters. The molecule has 1 N–H and O–H groups in total. The first kappa shape index (κ1) is 14.5. The van der Waals surface area contributed by atoms with Crippen LogP contribution in [0.3, 0.4) is 0 Å². The van der Waals surface area contributed by atoms with Crippen molar-refractivity contribution in [3.05, 3.63) is 35.9 Å². The summed E-state index contributed by atoms with van der Waals surface area (Å²) < 4.78 is 5.42. The van der Waals surface area contributed by atoms with Crippen LogP contribution in [-0.4, -0.2) is 42.3 Å². The van der Waals surface area contributed by atoms with Crippen molar-refractivity contribution >= 4 is 5.97 Å². The van der Waals surface area contributed by atoms with E-state index < -0.39 is 5.97 Å². The van der Waals surface area contributed by atoms with Crippen LogP contribution in [-0.2, 0) is 16.1 Å². The number of aliphatic carboxylic acids is 1. The van der Waals surface area contributed by atoms with Crippen LogP contribution in [0.1, 0.15) is 18.4 Å². The van der Waals surface area contributed by atoms with Gasteiger partial charge in [0.25, 0.3) is 0 Å². The van der Waals surface area contributed by atoms with E-state index in [0.717, 1.165) is 39.1 Å². The van der Waals surface area contributed by atoms with Gasteiger partial charge < -0.3 is 9.84 Å². The molecule has 2 saturated heterocycles. The SMILES string of the molecule is O=C(O)[C@H]1CN(Cc2ccccc2)C[C@H]1C1CCOCC1. The summed E-state index contributed by atoms with van der Waals surface area (Å²) in [6.45, 7) is 3.99. The number of carbonyl (C=O) groups is 1. The molecule has 0 bridgehead atoms. The Bertz CT molecular complexity index is 470. The van der Waals surface area contributed by atoms with Gasteiger partial charge in [-0.25, -0.2) is 0 Å². The third-order valence-corrected chi connectivity index (χ3v) is 4.88. The van der Waals surface area contributed by atoms with Gasteiger partial charge in [0, 0.05) is 32.8 Å². The molecule has 114 valence electrons. The van der Waals surface area contributed by atoms with Gasteiger partial charge in [0.2, 0.25) is 0 Å². The molecule has 2 aliphatic rings. The zero-order valence-electron chi connectivity index (χ0n) is 12.3. The first-order valence-electron chi connectivity index (χ1n) is 7.81. The van der Waals surface area contributed by atoms with Crippen molar-refractivity contribution in [1.29, 1.82) is 0 Å². The summed E-state index contributed by atoms with van der Waals surface area (Å²) in [7, 11) is 0. The van der Waals surface area contributed by atoms with Gasteiger partial charge in [-0.05, 0) is 30.2 Å². The quantitative estimate of drug-likeness (QED) is 0.923. The van der Waals surface area contributed by atoms with E-state index in [1.807, 2.05) is 18.2 Å². The van der Waals surface area contributed by atoms with Gasteiger partial charge in [-0.3, -0.25) is 9.69 Å². The largest absolute Gasteiger partial charge is 0.481 e. The number of benzene rings is 1. The predicted molar refractivity (Wildman–Crippen MR) is 79.9 cm³/mol. The van der Waals surface area contributed by atoms with Crippen LogP contribution in [0.25, 0.3) is 0 Å². The van der Waals surface area contributed by atoms with Crippen molar-refractivity contribution in [2.45, 2.75) is 19.4 Å². The van der Waals surface area contributed by atoms with Gasteiger partial charge >= 0.3 is 5.97 Å². The lowest BCUT2D eigenvalue weighted by Gasteiger charge is -2.29. The summed E-state index contributed by atoms with van der Waals surface area (Å²) in [5.41, 5.74) is 1.26. The Balaban J connectivity index is 1.67. The first-order valence-corrected chi connectivity index (χ1v) is 7.81. The third kappa shape index (κ3) is 3.44. The van der Waals surface area contributed by atoms with E-state index in [1.54, 1.807) is 0 Å². The molecule has 0 aromatic heterocycles. The Morgan fingerprint density at radius 1 is 1.19 bits per heavy atom. The smallest absolute Gasteiger partial charge is 0.308 e. The molecule has 0 saturated carbocycles. The molecule has 0 radical (unpaired) electrons. The van der Waals surface area contributed by atoms with E-state index >= 15 is 0 Å². The summed E-state index contributed by atoms with van der Waals surface area (Å²) in [5.74, 6) is -0.0883. The monoisotopic (exact) mass is 289 g/mol. The summed E-state index contributed by atoms with van der Waals surface area (Å²) >= 11 is 0. The van der Waals surface area contributed by atoms with Crippen LogP contribution in [0.15, 0.2) is 30.3 Å². The van der Waals surface area contributed by atoms with Gasteiger partial charge in [0.05, 0.1) is 5.92 Å². The van der Waals surface area contributed by atoms with Gasteiger partial charge in [0.1, 0.15) is 0 Å². The number of nitrogens with zero attached hydrogens (tertiary/aromatic N) is 1. The van der Waals surface area contributed by atoms with E-state index in [1.165, 1.54) is 5.56 Å². The summed E-state index contributed by atoms with van der Waals surface area (Å²) in [5, 5.41) is 9.54. The molecule has 2 aliphatic heterocycles. The maximum atomic E-state index is 11.6. The molecule has 0 spiro atoms. The van der Waals surface area contributed by atoms with Crippen LogP contribution >= 0.6 is 0 Å². The predicted octanol–water partition coefficient (Wildman–Crippen LogP) is 2.25. The molecule has 1 aromatic rings. The molecule has 0 aliphatic carbocycles. The molecule has 0 unspecified atom stereocenters. The van der Waals surface area contributed by atoms with Crippen molar-refractivity contribution in [3.8, 4) is 0 Å². The van der Waals surface area contributed by atoms with Crippen molar-refractivity contribution in [3.63, 3.8) is 0 Å². The molecule has 1 aromatic carbocycles. The normalized spacial score (nSPS) is 27.8. The molecule has 2 fully saturated rings. The standard InChI is InChI=1S/C17H23NO3/c19-17(20)16-12-18(10-13-4-2-1-3-5-13)11-15(16)14-6-8-21-9-7-14/h1-5,14-16H,6-12H2,(H,19,20)/t15-,16-/m0/s1. The van der Waals surface area contributed by atoms with Crippen LogP contribution in [0.4, 0.5) is 0 Å². The maximum Gasteiger partial charge on any atom is 0.308 e. The van der Waals surface area contributed by atoms with Gasteiger partial charge in [-0.1, -0.05) is 30.3 Å². The second-order valence-corrected chi connectivity index (χ2v) is 6.24. The number of hydrogen-bond acceptors (Lipinski definition) is 3. The summed E-state index contributed by atoms with van der Waals surface area (Å²) in [4.78, 5) is 13.9. The Morgan fingerprint density at radius 3 is 2.57 bits per heavy atom. The average Bonchev–Trinajstić information content (AvgIpc) is 2.93. The molecular weight excluding hydrogens is 266 g/mol. The minimum absolute atomic E-state index is 0.225. The topological polar surface area (TPSA) is 49.8 Å². The Morgan fingerprint density at radius 2 is 1.90 bits per heavy atom. The van der Waals surface area contributed by atoms with Crippen LogP contribution < -0.4 is 0 Å². The fraction of sp³-hybridized carbons (Fsp3) is 0.588. The fourth-order valence-electron chi connectivity index (χ4n) is 3.77. The van der Waals surface area contributed by atoms with Crippen LogP contribution in [0.5, 0.6) is 0 Å². The second kappa shape index (κ2) is 6.58. The Hall–Kier alpha value is -1.39. The number of carboxylic acid groups (broad SMARTS) is 1. The van der Waals surface area contributed by atoms with Crippen LogP contribution in [0.2, 0.25) is 0 Å². The van der Waals surface area contributed by atoms with E-state index in [2.05, 4.69) is 17.0 Å². The van der Waals surface area contributed by atoms with E-state index in [9.17, 15) is 9.90 Å². The molecular formula is C17H23NO3. The molecule has 3 rings (SSSR count). The lowest BCUT2D eigenvalue weighted by molar-refractivity contribution is -0.143. The molecule has 0 amide bonds. The highest BCUT2D eigenvalue weighted by Crippen LogP contribution is 2.36. The number of hydrogen-bond donors (Lipinski definition) is 1. The minimum atomic E-state index is -0.637. The second-order valence-electron chi connectivity index (χ2n) is 6.24. The summed E-state index contributed by atoms with van der Waals surface area (Å²) in [6, 6.07) is 10.3. The van der Waals surface area contributed by atoms with Crippen molar-refractivity contribution in [2.24, 2.45) is 17.8 Å². The maximum absolute atomic E-state index is 11.6. The van der Waals surface area contributed by atoms with Crippen molar-refractivity contribution in [1.82, 2.24) is 4.90 Å². The Labute approximate surface area is 125 Å². The molecule has 21 heavy (non-hydrogen) atoms. The van der Waals surface area contributed by atoms with Crippen molar-refractivity contribution in [2.75, 3.05) is 26.3 Å². The molecule has 4 nitrogen and oxygen atoms in total. The minimum Gasteiger partial charge on any atom is -0.481 e. The van der Waals surface area contributed by atoms with Gasteiger partial charge in [-0.15, -0.1) is 0 Å². The molecule has 4 heteroatoms. The lowest BCUT2D eigenvalue weighted by Crippen LogP contribution is -2.31. The number of ether oxygens (including phenoxy) is 1. The zero-order chi connectivity index (χ0) is 14.7. The Kier molecular flexibility index (Phi) is 4.56. The van der Waals surface area contributed by atoms with E-state index in [0.29, 0.717) is 12.5 Å². The highest BCUT2D eigenvalue weighted by Gasteiger charge is 2.41. The van der Waals surface area contributed by atoms with Crippen LogP contribution in [0, 0.1) is 17.8 Å². The number of carboxylic acids is 1. The highest BCUT2D eigenvalue weighted by atomic mass is 16.5.